The van der Waals surface area contributed by atoms with Crippen LogP contribution in [0.15, 0.2) is 48.7 Å². The van der Waals surface area contributed by atoms with Crippen LogP contribution in [0, 0.1) is 51.2 Å². The first kappa shape index (κ1) is 23.3. The molecule has 2 aliphatic heterocycles. The standard InChI is InChI=1S/C31H27Cl2N3O/c32-24-6-5-22(12-25(24)33)26-27(29(37)30-13-18-9-19(14-30)11-20(10-18)15-30)36-8-7-21-3-1-2-4-23(21)28(36)31(26,16-34)17-35/h1-8,12,18-20,26-28H,9-11,13-15H2/t18?,19?,20?,26-,27+,28-,30?/m0/s1. The summed E-state index contributed by atoms with van der Waals surface area (Å²) in [7, 11) is 0. The molecule has 2 aromatic carbocycles. The molecule has 2 aromatic rings. The molecule has 4 bridgehead atoms. The molecule has 6 heteroatoms. The average molecular weight is 528 g/mol. The maximum Gasteiger partial charge on any atom is 0.177 e. The van der Waals surface area contributed by atoms with Gasteiger partial charge in [-0.2, -0.15) is 10.5 Å². The first-order chi connectivity index (χ1) is 17.9. The van der Waals surface area contributed by atoms with Crippen LogP contribution in [0.3, 0.4) is 0 Å². The van der Waals surface area contributed by atoms with Crippen molar-refractivity contribution in [2.75, 3.05) is 0 Å². The molecule has 4 nitrogen and oxygen atoms in total. The lowest BCUT2D eigenvalue weighted by Gasteiger charge is -2.57. The predicted octanol–water partition coefficient (Wildman–Crippen LogP) is 7.31. The topological polar surface area (TPSA) is 67.9 Å². The van der Waals surface area contributed by atoms with Gasteiger partial charge in [-0.3, -0.25) is 4.79 Å². The molecule has 0 aromatic heterocycles. The number of Topliss-reactive ketones (excluding diaryl/α,β-unsaturated/α-hetero) is 1. The third-order valence-electron chi connectivity index (χ3n) is 10.1. The number of carbonyl (C=O) groups is 1. The molecular weight excluding hydrogens is 501 g/mol. The number of hydrogen-bond acceptors (Lipinski definition) is 4. The monoisotopic (exact) mass is 527 g/mol. The second kappa shape index (κ2) is 8.10. The molecule has 3 atom stereocenters. The average Bonchev–Trinajstić information content (AvgIpc) is 3.20. The van der Waals surface area contributed by atoms with E-state index in [0.717, 1.165) is 36.0 Å². The molecule has 37 heavy (non-hydrogen) atoms. The van der Waals surface area contributed by atoms with Gasteiger partial charge in [-0.05, 0) is 91.2 Å². The summed E-state index contributed by atoms with van der Waals surface area (Å²) in [6, 6.07) is 16.9. The van der Waals surface area contributed by atoms with Crippen molar-refractivity contribution in [1.29, 1.82) is 10.5 Å². The fraction of sp³-hybridized carbons (Fsp3) is 0.452. The molecule has 4 aliphatic carbocycles. The fourth-order valence-corrected chi connectivity index (χ4v) is 9.41. The van der Waals surface area contributed by atoms with E-state index in [9.17, 15) is 15.3 Å². The van der Waals surface area contributed by atoms with Gasteiger partial charge in [0, 0.05) is 17.5 Å². The van der Waals surface area contributed by atoms with Crippen molar-refractivity contribution < 1.29 is 4.79 Å². The predicted molar refractivity (Wildman–Crippen MR) is 142 cm³/mol. The van der Waals surface area contributed by atoms with Crippen LogP contribution in [-0.4, -0.2) is 16.7 Å². The maximum atomic E-state index is 15.0. The van der Waals surface area contributed by atoms with Gasteiger partial charge in [0.15, 0.2) is 11.2 Å². The van der Waals surface area contributed by atoms with Gasteiger partial charge in [0.05, 0.1) is 34.3 Å². The number of carbonyl (C=O) groups excluding carboxylic acids is 1. The number of nitriles is 2. The van der Waals surface area contributed by atoms with E-state index in [1.165, 1.54) is 19.3 Å². The fourth-order valence-electron chi connectivity index (χ4n) is 9.10. The zero-order valence-corrected chi connectivity index (χ0v) is 21.9. The molecule has 0 spiro atoms. The smallest absolute Gasteiger partial charge is 0.177 e. The highest BCUT2D eigenvalue weighted by Gasteiger charge is 2.67. The molecule has 4 saturated carbocycles. The summed E-state index contributed by atoms with van der Waals surface area (Å²) in [5, 5.41) is 22.3. The molecule has 186 valence electrons. The van der Waals surface area contributed by atoms with E-state index in [4.69, 9.17) is 23.2 Å². The summed E-state index contributed by atoms with van der Waals surface area (Å²) in [6.45, 7) is 0. The Morgan fingerprint density at radius 1 is 0.919 bits per heavy atom. The van der Waals surface area contributed by atoms with Crippen LogP contribution >= 0.6 is 23.2 Å². The lowest BCUT2D eigenvalue weighted by Crippen LogP contribution is -2.55. The van der Waals surface area contributed by atoms with Gasteiger partial charge >= 0.3 is 0 Å². The number of hydrogen-bond donors (Lipinski definition) is 0. The quantitative estimate of drug-likeness (QED) is 0.419. The minimum Gasteiger partial charge on any atom is -0.357 e. The van der Waals surface area contributed by atoms with E-state index >= 15 is 0 Å². The van der Waals surface area contributed by atoms with Gasteiger partial charge in [0.2, 0.25) is 0 Å². The summed E-state index contributed by atoms with van der Waals surface area (Å²) in [5.41, 5.74) is 0.777. The van der Waals surface area contributed by atoms with E-state index in [0.29, 0.717) is 27.8 Å². The Morgan fingerprint density at radius 2 is 1.57 bits per heavy atom. The molecule has 2 heterocycles. The minimum absolute atomic E-state index is 0.212. The Bertz CT molecular complexity index is 1380. The van der Waals surface area contributed by atoms with Gasteiger partial charge in [-0.15, -0.1) is 0 Å². The Kier molecular flexibility index (Phi) is 5.11. The van der Waals surface area contributed by atoms with E-state index in [1.807, 2.05) is 47.5 Å². The maximum absolute atomic E-state index is 15.0. The van der Waals surface area contributed by atoms with Crippen LogP contribution in [0.5, 0.6) is 0 Å². The van der Waals surface area contributed by atoms with E-state index in [1.54, 1.807) is 12.1 Å². The van der Waals surface area contributed by atoms with Crippen molar-refractivity contribution in [3.63, 3.8) is 0 Å². The highest BCUT2D eigenvalue weighted by molar-refractivity contribution is 6.42. The molecule has 5 fully saturated rings. The zero-order chi connectivity index (χ0) is 25.5. The summed E-state index contributed by atoms with van der Waals surface area (Å²) in [6.07, 6.45) is 10.5. The molecule has 0 N–H and O–H groups in total. The van der Waals surface area contributed by atoms with Gasteiger partial charge in [0.25, 0.3) is 0 Å². The number of halogens is 2. The molecule has 0 unspecified atom stereocenters. The molecule has 6 aliphatic rings. The van der Waals surface area contributed by atoms with Crippen molar-refractivity contribution in [3.05, 3.63) is 75.4 Å². The summed E-state index contributed by atoms with van der Waals surface area (Å²) < 4.78 is 0. The minimum atomic E-state index is -1.47. The van der Waals surface area contributed by atoms with Gasteiger partial charge in [-0.1, -0.05) is 53.5 Å². The van der Waals surface area contributed by atoms with Crippen molar-refractivity contribution in [1.82, 2.24) is 4.90 Å². The third kappa shape index (κ3) is 3.16. The van der Waals surface area contributed by atoms with Gasteiger partial charge in [-0.25, -0.2) is 0 Å². The second-order valence-electron chi connectivity index (χ2n) is 12.0. The summed E-state index contributed by atoms with van der Waals surface area (Å²) in [4.78, 5) is 17.0. The number of fused-ring (bicyclic) bond motifs is 3. The van der Waals surface area contributed by atoms with Gasteiger partial charge in [0.1, 0.15) is 0 Å². The first-order valence-corrected chi connectivity index (χ1v) is 14.0. The highest BCUT2D eigenvalue weighted by Crippen LogP contribution is 2.65. The van der Waals surface area contributed by atoms with E-state index in [2.05, 4.69) is 12.1 Å². The number of ketones is 1. The first-order valence-electron chi connectivity index (χ1n) is 13.3. The highest BCUT2D eigenvalue weighted by atomic mass is 35.5. The van der Waals surface area contributed by atoms with Crippen molar-refractivity contribution >= 4 is 35.1 Å². The van der Waals surface area contributed by atoms with Crippen LogP contribution in [-0.2, 0) is 4.79 Å². The Labute approximate surface area is 227 Å². The lowest BCUT2D eigenvalue weighted by molar-refractivity contribution is -0.148. The molecule has 0 radical (unpaired) electrons. The van der Waals surface area contributed by atoms with Crippen LogP contribution < -0.4 is 0 Å². The van der Waals surface area contributed by atoms with Gasteiger partial charge < -0.3 is 4.90 Å². The number of benzene rings is 2. The Hall–Kier alpha value is -2.79. The lowest BCUT2D eigenvalue weighted by atomic mass is 9.47. The summed E-state index contributed by atoms with van der Waals surface area (Å²) in [5.74, 6) is 1.41. The number of rotatable bonds is 3. The largest absolute Gasteiger partial charge is 0.357 e. The SMILES string of the molecule is N#CC1(C#N)[C@@H]2c3ccccc3C=CN2[C@@H](C(=O)C23CC4CC(CC(C4)C2)C3)[C@@H]1c1ccc(Cl)c(Cl)c1. The summed E-state index contributed by atoms with van der Waals surface area (Å²) >= 11 is 12.8. The molecular formula is C31H27Cl2N3O. The Morgan fingerprint density at radius 3 is 2.19 bits per heavy atom. The van der Waals surface area contributed by atoms with Crippen molar-refractivity contribution in [3.8, 4) is 12.1 Å². The molecule has 0 amide bonds. The number of nitrogens with zero attached hydrogens (tertiary/aromatic N) is 3. The zero-order valence-electron chi connectivity index (χ0n) is 20.4. The van der Waals surface area contributed by atoms with E-state index in [-0.39, 0.29) is 11.2 Å². The van der Waals surface area contributed by atoms with Crippen molar-refractivity contribution in [2.24, 2.45) is 28.6 Å². The third-order valence-corrected chi connectivity index (χ3v) is 10.8. The van der Waals surface area contributed by atoms with Crippen LogP contribution in [0.2, 0.25) is 10.0 Å². The second-order valence-corrected chi connectivity index (χ2v) is 12.9. The molecule has 8 rings (SSSR count). The van der Waals surface area contributed by atoms with Crippen LogP contribution in [0.25, 0.3) is 6.08 Å². The normalized spacial score (nSPS) is 35.9. The van der Waals surface area contributed by atoms with Crippen LogP contribution in [0.1, 0.15) is 67.2 Å². The molecule has 1 saturated heterocycles. The Balaban J connectivity index is 1.44. The van der Waals surface area contributed by atoms with Crippen molar-refractivity contribution in [2.45, 2.75) is 56.5 Å². The van der Waals surface area contributed by atoms with E-state index < -0.39 is 23.4 Å². The van der Waals surface area contributed by atoms with Crippen LogP contribution in [0.4, 0.5) is 0 Å².